The normalized spacial score (nSPS) is 10.8. The molecule has 1 N–H and O–H groups in total. The number of nitrogens with zero attached hydrogens (tertiary/aromatic N) is 2. The van der Waals surface area contributed by atoms with Crippen LogP contribution < -0.4 is 4.74 Å². The number of carboxylic acids is 1. The van der Waals surface area contributed by atoms with Crippen molar-refractivity contribution >= 4 is 91.5 Å². The van der Waals surface area contributed by atoms with Gasteiger partial charge in [-0.2, -0.15) is 0 Å². The summed E-state index contributed by atoms with van der Waals surface area (Å²) in [4.78, 5) is 15.4. The molecule has 0 spiro atoms. The first-order valence-electron chi connectivity index (χ1n) is 11.7. The Hall–Kier alpha value is -2.23. The summed E-state index contributed by atoms with van der Waals surface area (Å²) in [5.41, 5.74) is 4.69. The zero-order valence-corrected chi connectivity index (χ0v) is 21.4. The molecule has 2 heterocycles. The number of pyridine rings is 1. The second-order valence-corrected chi connectivity index (χ2v) is 9.32. The molecule has 38 heavy (non-hydrogen) atoms. The van der Waals surface area contributed by atoms with E-state index in [-0.39, 0.29) is 63.7 Å². The summed E-state index contributed by atoms with van der Waals surface area (Å²) in [6, 6.07) is 22.1. The van der Waals surface area contributed by atoms with Gasteiger partial charge in [0.25, 0.3) is 0 Å². The van der Waals surface area contributed by atoms with Crippen molar-refractivity contribution in [3.8, 4) is 28.1 Å². The van der Waals surface area contributed by atoms with Gasteiger partial charge in [0.05, 0.1) is 21.1 Å². The SMILES string of the molecule is CCCc1onc(-c2c(Cl)cccc2Cl)c1COc1ccc(-c2ccc3nc(C(=O)O)ccc3c2)cc1.[KH]. The summed E-state index contributed by atoms with van der Waals surface area (Å²) >= 11 is 12.9. The van der Waals surface area contributed by atoms with E-state index in [0.29, 0.717) is 32.6 Å². The maximum atomic E-state index is 11.2. The van der Waals surface area contributed by atoms with Crippen molar-refractivity contribution in [3.63, 3.8) is 0 Å². The topological polar surface area (TPSA) is 85.5 Å². The number of carbonyl (C=O) groups is 1. The van der Waals surface area contributed by atoms with Gasteiger partial charge in [0.1, 0.15) is 29.5 Å². The van der Waals surface area contributed by atoms with Gasteiger partial charge in [0.2, 0.25) is 0 Å². The third-order valence-corrected chi connectivity index (χ3v) is 6.66. The van der Waals surface area contributed by atoms with Gasteiger partial charge in [-0.25, -0.2) is 9.78 Å². The van der Waals surface area contributed by atoms with Crippen LogP contribution in [-0.2, 0) is 13.0 Å². The van der Waals surface area contributed by atoms with Crippen molar-refractivity contribution in [3.05, 3.63) is 99.9 Å². The van der Waals surface area contributed by atoms with Crippen LogP contribution in [0.4, 0.5) is 0 Å². The van der Waals surface area contributed by atoms with Crippen LogP contribution >= 0.6 is 23.2 Å². The Kier molecular flexibility index (Phi) is 9.65. The molecule has 5 rings (SSSR count). The van der Waals surface area contributed by atoms with Crippen molar-refractivity contribution in [2.75, 3.05) is 0 Å². The monoisotopic (exact) mass is 572 g/mol. The van der Waals surface area contributed by atoms with E-state index in [1.54, 1.807) is 24.3 Å². The van der Waals surface area contributed by atoms with Crippen molar-refractivity contribution < 1.29 is 19.2 Å². The summed E-state index contributed by atoms with van der Waals surface area (Å²) in [5, 5.41) is 15.3. The average molecular weight is 574 g/mol. The third kappa shape index (κ3) is 6.15. The van der Waals surface area contributed by atoms with Crippen molar-refractivity contribution in [1.82, 2.24) is 10.1 Å². The van der Waals surface area contributed by atoms with Crippen molar-refractivity contribution in [2.24, 2.45) is 0 Å². The van der Waals surface area contributed by atoms with E-state index in [1.165, 1.54) is 6.07 Å². The number of hydrogen-bond donors (Lipinski definition) is 1. The molecule has 0 aliphatic rings. The molecule has 0 radical (unpaired) electrons. The van der Waals surface area contributed by atoms with Crippen LogP contribution in [-0.4, -0.2) is 72.6 Å². The number of ether oxygens (including phenoxy) is 1. The molecule has 0 saturated heterocycles. The Morgan fingerprint density at radius 2 is 1.68 bits per heavy atom. The van der Waals surface area contributed by atoms with Crippen molar-refractivity contribution in [1.29, 1.82) is 0 Å². The molecule has 0 amide bonds. The molecule has 9 heteroatoms. The van der Waals surface area contributed by atoms with Gasteiger partial charge in [0, 0.05) is 17.4 Å². The Bertz CT molecular complexity index is 1580. The molecule has 6 nitrogen and oxygen atoms in total. The van der Waals surface area contributed by atoms with Gasteiger partial charge in [-0.3, -0.25) is 0 Å². The quantitative estimate of drug-likeness (QED) is 0.194. The minimum absolute atomic E-state index is 0. The Morgan fingerprint density at radius 3 is 2.37 bits per heavy atom. The first-order valence-corrected chi connectivity index (χ1v) is 12.5. The van der Waals surface area contributed by atoms with Crippen LogP contribution in [0.2, 0.25) is 10.0 Å². The molecular weight excluding hydrogens is 550 g/mol. The number of benzene rings is 3. The van der Waals surface area contributed by atoms with Gasteiger partial charge in [0.15, 0.2) is 0 Å². The van der Waals surface area contributed by atoms with Crippen LogP contribution in [0.5, 0.6) is 5.75 Å². The first-order chi connectivity index (χ1) is 17.9. The zero-order chi connectivity index (χ0) is 25.9. The van der Waals surface area contributed by atoms with E-state index in [0.717, 1.165) is 40.7 Å². The van der Waals surface area contributed by atoms with Gasteiger partial charge < -0.3 is 14.4 Å². The zero-order valence-electron chi connectivity index (χ0n) is 19.9. The van der Waals surface area contributed by atoms with E-state index in [9.17, 15) is 4.79 Å². The number of halogens is 2. The second kappa shape index (κ2) is 12.7. The summed E-state index contributed by atoms with van der Waals surface area (Å²) in [5.74, 6) is 0.398. The minimum atomic E-state index is -1.04. The summed E-state index contributed by atoms with van der Waals surface area (Å²) < 4.78 is 11.8. The molecule has 188 valence electrons. The number of rotatable bonds is 8. The summed E-state index contributed by atoms with van der Waals surface area (Å²) in [6.45, 7) is 2.32. The first kappa shape index (κ1) is 28.8. The van der Waals surface area contributed by atoms with E-state index >= 15 is 0 Å². The number of aryl methyl sites for hydroxylation is 1. The fourth-order valence-corrected chi connectivity index (χ4v) is 4.74. The molecule has 5 aromatic rings. The van der Waals surface area contributed by atoms with Crippen LogP contribution in [0.1, 0.15) is 35.2 Å². The Morgan fingerprint density at radius 1 is 0.974 bits per heavy atom. The summed E-state index contributed by atoms with van der Waals surface area (Å²) in [6.07, 6.45) is 1.61. The fourth-order valence-electron chi connectivity index (χ4n) is 4.16. The second-order valence-electron chi connectivity index (χ2n) is 8.50. The number of aromatic carboxylic acids is 1. The predicted molar refractivity (Wildman–Crippen MR) is 152 cm³/mol. The van der Waals surface area contributed by atoms with Crippen LogP contribution in [0.25, 0.3) is 33.3 Å². The summed E-state index contributed by atoms with van der Waals surface area (Å²) in [7, 11) is 0. The van der Waals surface area contributed by atoms with Crippen molar-refractivity contribution in [2.45, 2.75) is 26.4 Å². The van der Waals surface area contributed by atoms with E-state index in [2.05, 4.69) is 17.1 Å². The van der Waals surface area contributed by atoms with Gasteiger partial charge in [-0.05, 0) is 60.0 Å². The predicted octanol–water partition coefficient (Wildman–Crippen LogP) is 7.44. The van der Waals surface area contributed by atoms with E-state index < -0.39 is 5.97 Å². The number of carboxylic acid groups (broad SMARTS) is 1. The van der Waals surface area contributed by atoms with E-state index in [1.807, 2.05) is 42.5 Å². The molecule has 3 aromatic carbocycles. The third-order valence-electron chi connectivity index (χ3n) is 6.03. The standard InChI is InChI=1S/C29H22Cl2N2O4.K.H/c1-2-4-26-21(28(33-37-26)27-22(30)5-3-6-23(27)31)16-36-20-11-7-17(8-12-20)18-9-13-24-19(15-18)10-14-25(32-24)29(34)35;;/h3,5-15H,2,4,16H2,1H3,(H,34,35);;. The molecule has 2 aromatic heterocycles. The molecule has 0 fully saturated rings. The number of aromatic nitrogens is 2. The molecule has 0 bridgehead atoms. The van der Waals surface area contributed by atoms with Crippen LogP contribution in [0, 0.1) is 0 Å². The van der Waals surface area contributed by atoms with Gasteiger partial charge >= 0.3 is 57.4 Å². The van der Waals surface area contributed by atoms with Gasteiger partial charge in [-0.1, -0.05) is 65.6 Å². The fraction of sp³-hybridized carbons (Fsp3) is 0.138. The van der Waals surface area contributed by atoms with Gasteiger partial charge in [-0.15, -0.1) is 0 Å². The number of hydrogen-bond acceptors (Lipinski definition) is 5. The molecule has 0 aliphatic heterocycles. The maximum absolute atomic E-state index is 11.2. The van der Waals surface area contributed by atoms with Crippen LogP contribution in [0.15, 0.2) is 77.3 Å². The van der Waals surface area contributed by atoms with Crippen LogP contribution in [0.3, 0.4) is 0 Å². The molecule has 0 aliphatic carbocycles. The Labute approximate surface area is 272 Å². The molecule has 0 saturated carbocycles. The van der Waals surface area contributed by atoms with E-state index in [4.69, 9.17) is 37.6 Å². The average Bonchev–Trinajstić information content (AvgIpc) is 3.29. The Balaban J connectivity index is 0.00000336. The number of fused-ring (bicyclic) bond motifs is 1. The molecular formula is C29H23Cl2KN2O4. The molecule has 0 atom stereocenters. The molecule has 0 unspecified atom stereocenters.